The van der Waals surface area contributed by atoms with Crippen LogP contribution in [0.25, 0.3) is 0 Å². The van der Waals surface area contributed by atoms with Gasteiger partial charge in [0, 0.05) is 5.57 Å². The van der Waals surface area contributed by atoms with Gasteiger partial charge in [-0.2, -0.15) is 0 Å². The van der Waals surface area contributed by atoms with Gasteiger partial charge in [0.05, 0.1) is 0 Å². The van der Waals surface area contributed by atoms with Crippen molar-refractivity contribution < 1.29 is 19.4 Å². The first-order chi connectivity index (χ1) is 11.4. The first-order valence-corrected chi connectivity index (χ1v) is 11.2. The normalized spacial score (nSPS) is 12.6. The highest BCUT2D eigenvalue weighted by Gasteiger charge is 2.26. The minimum absolute atomic E-state index is 0.426. The Balaban J connectivity index is 3.02. The Morgan fingerprint density at radius 1 is 1.24 bits per heavy atom. The average Bonchev–Trinajstić information content (AvgIpc) is 2.49. The minimum Gasteiger partial charge on any atom is -0.479 e. The van der Waals surface area contributed by atoms with Crippen molar-refractivity contribution in [2.24, 2.45) is 0 Å². The molecule has 0 spiro atoms. The van der Waals surface area contributed by atoms with Crippen LogP contribution < -0.4 is 10.5 Å². The number of rotatable bonds is 5. The second-order valence-electron chi connectivity index (χ2n) is 7.48. The summed E-state index contributed by atoms with van der Waals surface area (Å²) in [7, 11) is -1.89. The summed E-state index contributed by atoms with van der Waals surface area (Å²) in [5.74, 6) is -1.15. The molecule has 0 bridgehead atoms. The summed E-state index contributed by atoms with van der Waals surface area (Å²) in [6.45, 7) is 11.1. The van der Waals surface area contributed by atoms with E-state index in [4.69, 9.17) is 4.74 Å². The Morgan fingerprint density at radius 2 is 1.80 bits per heavy atom. The number of ether oxygens (including phenoxy) is 1. The predicted octanol–water partition coefficient (Wildman–Crippen LogP) is 3.22. The van der Waals surface area contributed by atoms with Gasteiger partial charge in [0.2, 0.25) is 0 Å². The number of amides is 1. The van der Waals surface area contributed by atoms with Crippen LogP contribution in [0.4, 0.5) is 4.79 Å². The van der Waals surface area contributed by atoms with Crippen molar-refractivity contribution in [2.75, 3.05) is 0 Å². The number of carbonyl (C=O) groups is 2. The van der Waals surface area contributed by atoms with Gasteiger partial charge in [-0.15, -0.1) is 5.73 Å². The van der Waals surface area contributed by atoms with Crippen LogP contribution in [-0.2, 0) is 9.53 Å². The SMILES string of the molecule is CC(=C=C[Si](C)(C)c1ccccc1)[C@H](NC(=O)OC(C)(C)C)C(=O)O. The maximum absolute atomic E-state index is 11.9. The highest BCUT2D eigenvalue weighted by atomic mass is 28.3. The van der Waals surface area contributed by atoms with Gasteiger partial charge in [-0.3, -0.25) is 0 Å². The zero-order valence-corrected chi connectivity index (χ0v) is 16.7. The average molecular weight is 362 g/mol. The van der Waals surface area contributed by atoms with Crippen LogP contribution in [-0.4, -0.2) is 36.9 Å². The van der Waals surface area contributed by atoms with Gasteiger partial charge in [-0.25, -0.2) is 9.59 Å². The Morgan fingerprint density at radius 3 is 2.28 bits per heavy atom. The largest absolute Gasteiger partial charge is 0.479 e. The number of hydrogen-bond acceptors (Lipinski definition) is 3. The van der Waals surface area contributed by atoms with Gasteiger partial charge >= 0.3 is 12.1 Å². The lowest BCUT2D eigenvalue weighted by Gasteiger charge is -2.22. The zero-order chi connectivity index (χ0) is 19.3. The van der Waals surface area contributed by atoms with E-state index >= 15 is 0 Å². The van der Waals surface area contributed by atoms with Crippen molar-refractivity contribution in [3.05, 3.63) is 47.3 Å². The molecule has 0 aliphatic rings. The Labute approximate surface area is 150 Å². The number of nitrogens with one attached hydrogen (secondary N) is 1. The Bertz CT molecular complexity index is 683. The van der Waals surface area contributed by atoms with Crippen molar-refractivity contribution in [1.29, 1.82) is 0 Å². The monoisotopic (exact) mass is 361 g/mol. The molecule has 5 nitrogen and oxygen atoms in total. The summed E-state index contributed by atoms with van der Waals surface area (Å²) in [5.41, 5.74) is 4.76. The molecule has 0 unspecified atom stereocenters. The lowest BCUT2D eigenvalue weighted by atomic mass is 10.1. The number of hydrogen-bond donors (Lipinski definition) is 2. The molecule has 1 atom stereocenters. The minimum atomic E-state index is -1.89. The maximum atomic E-state index is 11.9. The van der Waals surface area contributed by atoms with E-state index in [0.717, 1.165) is 0 Å². The molecule has 0 aliphatic carbocycles. The molecule has 0 fully saturated rings. The van der Waals surface area contributed by atoms with E-state index in [2.05, 4.69) is 36.3 Å². The summed E-state index contributed by atoms with van der Waals surface area (Å²) in [6.07, 6.45) is -0.763. The van der Waals surface area contributed by atoms with Crippen molar-refractivity contribution in [3.63, 3.8) is 0 Å². The van der Waals surface area contributed by atoms with E-state index < -0.39 is 31.8 Å². The molecule has 1 amide bonds. The third kappa shape index (κ3) is 6.99. The smallest absolute Gasteiger partial charge is 0.408 e. The molecule has 2 N–H and O–H groups in total. The van der Waals surface area contributed by atoms with Gasteiger partial charge < -0.3 is 15.2 Å². The summed E-state index contributed by atoms with van der Waals surface area (Å²) in [4.78, 5) is 23.4. The van der Waals surface area contributed by atoms with Gasteiger partial charge in [-0.05, 0) is 33.4 Å². The fourth-order valence-electron chi connectivity index (χ4n) is 2.11. The van der Waals surface area contributed by atoms with E-state index in [9.17, 15) is 14.7 Å². The number of benzene rings is 1. The molecule has 0 aliphatic heterocycles. The Hall–Kier alpha value is -2.30. The zero-order valence-electron chi connectivity index (χ0n) is 15.7. The van der Waals surface area contributed by atoms with Crippen LogP contribution in [0.15, 0.2) is 47.3 Å². The first-order valence-electron chi connectivity index (χ1n) is 8.14. The summed E-state index contributed by atoms with van der Waals surface area (Å²) < 4.78 is 5.13. The third-order valence-corrected chi connectivity index (χ3v) is 6.21. The third-order valence-electron chi connectivity index (χ3n) is 3.52. The number of carboxylic acids is 1. The molecule has 1 aromatic rings. The molecule has 136 valence electrons. The number of aliphatic carboxylic acids is 1. The van der Waals surface area contributed by atoms with Crippen molar-refractivity contribution in [2.45, 2.75) is 52.4 Å². The summed E-state index contributed by atoms with van der Waals surface area (Å²) in [5, 5.41) is 13.0. The fraction of sp³-hybridized carbons (Fsp3) is 0.421. The summed E-state index contributed by atoms with van der Waals surface area (Å²) in [6, 6.07) is 8.88. The predicted molar refractivity (Wildman–Crippen MR) is 102 cm³/mol. The second kappa shape index (κ2) is 8.19. The highest BCUT2D eigenvalue weighted by molar-refractivity contribution is 6.93. The van der Waals surface area contributed by atoms with Crippen LogP contribution in [0.2, 0.25) is 13.1 Å². The molecular weight excluding hydrogens is 334 g/mol. The topological polar surface area (TPSA) is 75.6 Å². The number of carboxylic acid groups (broad SMARTS) is 1. The van der Waals surface area contributed by atoms with Gasteiger partial charge in [0.15, 0.2) is 6.04 Å². The molecule has 0 aromatic heterocycles. The maximum Gasteiger partial charge on any atom is 0.408 e. The van der Waals surface area contributed by atoms with Gasteiger partial charge in [-0.1, -0.05) is 48.6 Å². The lowest BCUT2D eigenvalue weighted by Crippen LogP contribution is -2.44. The van der Waals surface area contributed by atoms with Crippen LogP contribution in [0.1, 0.15) is 27.7 Å². The van der Waals surface area contributed by atoms with E-state index in [-0.39, 0.29) is 0 Å². The number of alkyl carbamates (subject to hydrolysis) is 1. The number of carbonyl (C=O) groups excluding carboxylic acids is 1. The molecular formula is C19H27NO4Si. The van der Waals surface area contributed by atoms with Crippen LogP contribution >= 0.6 is 0 Å². The second-order valence-corrected chi connectivity index (χ2v) is 11.8. The van der Waals surface area contributed by atoms with Crippen molar-refractivity contribution >= 4 is 25.3 Å². The van der Waals surface area contributed by atoms with Crippen LogP contribution in [0.3, 0.4) is 0 Å². The van der Waals surface area contributed by atoms with E-state index in [0.29, 0.717) is 5.57 Å². The van der Waals surface area contributed by atoms with Crippen molar-refractivity contribution in [1.82, 2.24) is 5.32 Å². The van der Waals surface area contributed by atoms with E-state index in [1.807, 2.05) is 23.9 Å². The standard InChI is InChI=1S/C19H27NO4Si/c1-14(12-13-25(5,6)15-10-8-7-9-11-15)16(17(21)22)20-18(23)24-19(2,3)4/h7-11,13,16H,1-6H3,(H,20,23)(H,21,22)/t12?,16-/m0/s1. The van der Waals surface area contributed by atoms with Gasteiger partial charge in [0.25, 0.3) is 0 Å². The molecule has 1 aromatic carbocycles. The van der Waals surface area contributed by atoms with Crippen LogP contribution in [0, 0.1) is 0 Å². The van der Waals surface area contributed by atoms with E-state index in [1.54, 1.807) is 27.7 Å². The molecule has 0 saturated heterocycles. The van der Waals surface area contributed by atoms with Crippen molar-refractivity contribution in [3.8, 4) is 0 Å². The molecule has 6 heteroatoms. The molecule has 25 heavy (non-hydrogen) atoms. The first kappa shape index (κ1) is 20.7. The molecule has 0 heterocycles. The molecule has 1 rings (SSSR count). The van der Waals surface area contributed by atoms with Gasteiger partial charge in [0.1, 0.15) is 13.7 Å². The highest BCUT2D eigenvalue weighted by Crippen LogP contribution is 2.10. The summed E-state index contributed by atoms with van der Waals surface area (Å²) >= 11 is 0. The Kier molecular flexibility index (Phi) is 6.79. The van der Waals surface area contributed by atoms with E-state index in [1.165, 1.54) is 5.19 Å². The molecule has 0 saturated carbocycles. The lowest BCUT2D eigenvalue weighted by molar-refractivity contribution is -0.138. The fourth-order valence-corrected chi connectivity index (χ4v) is 3.92. The quantitative estimate of drug-likeness (QED) is 0.624. The van der Waals surface area contributed by atoms with Crippen LogP contribution in [0.5, 0.6) is 0 Å². The molecule has 0 radical (unpaired) electrons.